The van der Waals surface area contributed by atoms with Crippen LogP contribution in [0.4, 0.5) is 17.5 Å². The van der Waals surface area contributed by atoms with Gasteiger partial charge in [0.2, 0.25) is 12.4 Å². The van der Waals surface area contributed by atoms with Crippen LogP contribution in [-0.4, -0.2) is 53.5 Å². The van der Waals surface area contributed by atoms with Crippen LogP contribution in [0.5, 0.6) is 0 Å². The van der Waals surface area contributed by atoms with Crippen LogP contribution < -0.4 is 9.80 Å². The van der Waals surface area contributed by atoms with Crippen molar-refractivity contribution >= 4 is 23.9 Å². The summed E-state index contributed by atoms with van der Waals surface area (Å²) >= 11 is 0. The molecule has 0 aliphatic carbocycles. The van der Waals surface area contributed by atoms with Crippen LogP contribution in [0, 0.1) is 0 Å². The number of benzene rings is 2. The number of amides is 1. The molecular formula is C24H25N5O. The molecule has 0 N–H and O–H groups in total. The third kappa shape index (κ3) is 3.38. The van der Waals surface area contributed by atoms with E-state index in [0.717, 1.165) is 48.9 Å². The molecule has 1 amide bonds. The molecule has 6 nitrogen and oxygen atoms in total. The maximum Gasteiger partial charge on any atom is 0.228 e. The Hall–Kier alpha value is -3.41. The molecule has 6 heteroatoms. The van der Waals surface area contributed by atoms with Crippen molar-refractivity contribution in [2.75, 3.05) is 36.0 Å². The standard InChI is InChI=1S/C24H25N5O/c1-18-15-20-9-5-6-10-22(20)29(18)23-16-21(19-7-3-2-4-8-19)25-24(26-23)28-13-11-27(17-30)12-14-28/h2-10,16-18H,11-15H2,1H3. The highest BCUT2D eigenvalue weighted by Crippen LogP contribution is 2.38. The number of anilines is 3. The number of hydrogen-bond acceptors (Lipinski definition) is 5. The predicted molar refractivity (Wildman–Crippen MR) is 119 cm³/mol. The van der Waals surface area contributed by atoms with E-state index in [0.29, 0.717) is 19.1 Å². The molecule has 1 fully saturated rings. The van der Waals surface area contributed by atoms with Crippen molar-refractivity contribution in [2.24, 2.45) is 0 Å². The van der Waals surface area contributed by atoms with Crippen LogP contribution >= 0.6 is 0 Å². The number of piperazine rings is 1. The van der Waals surface area contributed by atoms with E-state index in [2.05, 4.69) is 59.2 Å². The second kappa shape index (κ2) is 7.78. The Morgan fingerprint density at radius 3 is 2.43 bits per heavy atom. The average molecular weight is 399 g/mol. The normalized spacial score (nSPS) is 18.4. The van der Waals surface area contributed by atoms with E-state index in [1.807, 2.05) is 18.2 Å². The van der Waals surface area contributed by atoms with Gasteiger partial charge in [0, 0.05) is 49.5 Å². The smallest absolute Gasteiger partial charge is 0.228 e. The fraction of sp³-hybridized carbons (Fsp3) is 0.292. The number of hydrogen-bond donors (Lipinski definition) is 0. The molecule has 2 aromatic carbocycles. The first-order valence-electron chi connectivity index (χ1n) is 10.5. The van der Waals surface area contributed by atoms with Crippen molar-refractivity contribution in [3.05, 3.63) is 66.2 Å². The summed E-state index contributed by atoms with van der Waals surface area (Å²) in [5.41, 5.74) is 4.57. The number of fused-ring (bicyclic) bond motifs is 1. The van der Waals surface area contributed by atoms with E-state index in [9.17, 15) is 4.79 Å². The monoisotopic (exact) mass is 399 g/mol. The predicted octanol–water partition coefficient (Wildman–Crippen LogP) is 3.50. The summed E-state index contributed by atoms with van der Waals surface area (Å²) in [6.45, 7) is 5.11. The third-order valence-corrected chi connectivity index (χ3v) is 5.97. The Labute approximate surface area is 176 Å². The Bertz CT molecular complexity index is 1050. The minimum absolute atomic E-state index is 0.334. The second-order valence-electron chi connectivity index (χ2n) is 7.96. The number of carbonyl (C=O) groups is 1. The molecule has 0 bridgehead atoms. The molecule has 30 heavy (non-hydrogen) atoms. The first-order valence-corrected chi connectivity index (χ1v) is 10.5. The number of aromatic nitrogens is 2. The second-order valence-corrected chi connectivity index (χ2v) is 7.96. The van der Waals surface area contributed by atoms with Crippen molar-refractivity contribution in [3.63, 3.8) is 0 Å². The van der Waals surface area contributed by atoms with Crippen molar-refractivity contribution < 1.29 is 4.79 Å². The van der Waals surface area contributed by atoms with E-state index < -0.39 is 0 Å². The van der Waals surface area contributed by atoms with Crippen LogP contribution in [-0.2, 0) is 11.2 Å². The maximum atomic E-state index is 11.1. The molecule has 1 aromatic heterocycles. The number of para-hydroxylation sites is 1. The molecule has 1 atom stereocenters. The van der Waals surface area contributed by atoms with Crippen molar-refractivity contribution in [3.8, 4) is 11.3 Å². The van der Waals surface area contributed by atoms with Gasteiger partial charge >= 0.3 is 0 Å². The van der Waals surface area contributed by atoms with E-state index in [4.69, 9.17) is 9.97 Å². The fourth-order valence-electron chi connectivity index (χ4n) is 4.39. The van der Waals surface area contributed by atoms with Gasteiger partial charge in [0.1, 0.15) is 5.82 Å². The van der Waals surface area contributed by atoms with Gasteiger partial charge in [0.15, 0.2) is 0 Å². The lowest BCUT2D eigenvalue weighted by atomic mass is 10.1. The molecule has 0 spiro atoms. The molecule has 5 rings (SSSR count). The highest BCUT2D eigenvalue weighted by atomic mass is 16.1. The Kier molecular flexibility index (Phi) is 4.83. The zero-order chi connectivity index (χ0) is 20.5. The van der Waals surface area contributed by atoms with E-state index in [1.165, 1.54) is 11.3 Å². The summed E-state index contributed by atoms with van der Waals surface area (Å²) < 4.78 is 0. The number of carbonyl (C=O) groups excluding carboxylic acids is 1. The minimum Gasteiger partial charge on any atom is -0.342 e. The first kappa shape index (κ1) is 18.6. The van der Waals surface area contributed by atoms with Crippen LogP contribution in [0.2, 0.25) is 0 Å². The van der Waals surface area contributed by atoms with E-state index >= 15 is 0 Å². The van der Waals surface area contributed by atoms with Gasteiger partial charge in [0.25, 0.3) is 0 Å². The number of rotatable bonds is 4. The molecule has 0 radical (unpaired) electrons. The minimum atomic E-state index is 0.334. The zero-order valence-corrected chi connectivity index (χ0v) is 17.1. The Morgan fingerprint density at radius 2 is 1.67 bits per heavy atom. The summed E-state index contributed by atoms with van der Waals surface area (Å²) in [5.74, 6) is 1.66. The van der Waals surface area contributed by atoms with Gasteiger partial charge in [-0.1, -0.05) is 48.5 Å². The van der Waals surface area contributed by atoms with E-state index in [-0.39, 0.29) is 0 Å². The van der Waals surface area contributed by atoms with Gasteiger partial charge in [-0.15, -0.1) is 0 Å². The van der Waals surface area contributed by atoms with Gasteiger partial charge in [-0.25, -0.2) is 4.98 Å². The molecule has 3 aromatic rings. The zero-order valence-electron chi connectivity index (χ0n) is 17.1. The van der Waals surface area contributed by atoms with Gasteiger partial charge in [-0.05, 0) is 25.0 Å². The molecule has 3 heterocycles. The molecular weight excluding hydrogens is 374 g/mol. The molecule has 0 saturated carbocycles. The Morgan fingerprint density at radius 1 is 0.933 bits per heavy atom. The highest BCUT2D eigenvalue weighted by Gasteiger charge is 2.29. The van der Waals surface area contributed by atoms with Crippen molar-refractivity contribution in [1.82, 2.24) is 14.9 Å². The number of nitrogens with zero attached hydrogens (tertiary/aromatic N) is 5. The summed E-state index contributed by atoms with van der Waals surface area (Å²) in [6, 6.07) is 21.2. The van der Waals surface area contributed by atoms with Gasteiger partial charge in [-0.2, -0.15) is 4.98 Å². The van der Waals surface area contributed by atoms with Gasteiger partial charge in [0.05, 0.1) is 5.69 Å². The topological polar surface area (TPSA) is 52.6 Å². The quantitative estimate of drug-likeness (QED) is 0.629. The lowest BCUT2D eigenvalue weighted by molar-refractivity contribution is -0.118. The molecule has 1 saturated heterocycles. The lowest BCUT2D eigenvalue weighted by Crippen LogP contribution is -2.46. The van der Waals surface area contributed by atoms with Crippen LogP contribution in [0.15, 0.2) is 60.7 Å². The summed E-state index contributed by atoms with van der Waals surface area (Å²) in [6.07, 6.45) is 1.93. The highest BCUT2D eigenvalue weighted by molar-refractivity contribution is 5.73. The molecule has 152 valence electrons. The lowest BCUT2D eigenvalue weighted by Gasteiger charge is -2.33. The van der Waals surface area contributed by atoms with Crippen molar-refractivity contribution in [2.45, 2.75) is 19.4 Å². The first-order chi connectivity index (χ1) is 14.7. The summed E-state index contributed by atoms with van der Waals surface area (Å²) in [7, 11) is 0. The summed E-state index contributed by atoms with van der Waals surface area (Å²) in [5, 5.41) is 0. The molecule has 2 aliphatic rings. The SMILES string of the molecule is CC1Cc2ccccc2N1c1cc(-c2ccccc2)nc(N2CCN(C=O)CC2)n1. The summed E-state index contributed by atoms with van der Waals surface area (Å²) in [4.78, 5) is 27.3. The van der Waals surface area contributed by atoms with E-state index in [1.54, 1.807) is 4.90 Å². The maximum absolute atomic E-state index is 11.1. The van der Waals surface area contributed by atoms with Crippen LogP contribution in [0.1, 0.15) is 12.5 Å². The third-order valence-electron chi connectivity index (χ3n) is 5.97. The van der Waals surface area contributed by atoms with Crippen LogP contribution in [0.25, 0.3) is 11.3 Å². The molecule has 2 aliphatic heterocycles. The largest absolute Gasteiger partial charge is 0.342 e. The van der Waals surface area contributed by atoms with Gasteiger partial charge < -0.3 is 14.7 Å². The molecule has 1 unspecified atom stereocenters. The average Bonchev–Trinajstić information content (AvgIpc) is 3.15. The Balaban J connectivity index is 1.58. The van der Waals surface area contributed by atoms with Gasteiger partial charge in [-0.3, -0.25) is 4.79 Å². The fourth-order valence-corrected chi connectivity index (χ4v) is 4.39. The van der Waals surface area contributed by atoms with Crippen molar-refractivity contribution in [1.29, 1.82) is 0 Å². The van der Waals surface area contributed by atoms with Crippen LogP contribution in [0.3, 0.4) is 0 Å².